The standard InChI is InChI=1S/C8H16N4S/c1-11-3-5-12(6-4-11)10-8-9-2-7-13-8/h2-7H2,1H3,(H,9,10). The SMILES string of the molecule is CN1CCN(NC2=NCCS2)CC1. The molecule has 0 aromatic rings. The van der Waals surface area contributed by atoms with Gasteiger partial charge in [-0.3, -0.25) is 10.4 Å². The maximum absolute atomic E-state index is 4.36. The molecule has 2 rings (SSSR count). The Morgan fingerprint density at radius 3 is 2.69 bits per heavy atom. The van der Waals surface area contributed by atoms with Crippen molar-refractivity contribution in [1.29, 1.82) is 0 Å². The summed E-state index contributed by atoms with van der Waals surface area (Å²) in [5, 5.41) is 3.36. The molecule has 0 amide bonds. The number of hydrogen-bond acceptors (Lipinski definition) is 5. The van der Waals surface area contributed by atoms with Crippen molar-refractivity contribution < 1.29 is 0 Å². The second-order valence-electron chi connectivity index (χ2n) is 3.44. The fourth-order valence-corrected chi connectivity index (χ4v) is 2.21. The summed E-state index contributed by atoms with van der Waals surface area (Å²) in [5.41, 5.74) is 3.36. The number of likely N-dealkylation sites (N-methyl/N-ethyl adjacent to an activating group) is 1. The van der Waals surface area contributed by atoms with Crippen LogP contribution in [0.15, 0.2) is 4.99 Å². The van der Waals surface area contributed by atoms with E-state index in [-0.39, 0.29) is 0 Å². The Bertz CT molecular complexity index is 198. The van der Waals surface area contributed by atoms with Gasteiger partial charge in [-0.15, -0.1) is 0 Å². The molecule has 0 bridgehead atoms. The number of aliphatic imine (C=N–C) groups is 1. The van der Waals surface area contributed by atoms with E-state index in [1.54, 1.807) is 0 Å². The van der Waals surface area contributed by atoms with Gasteiger partial charge in [-0.1, -0.05) is 11.8 Å². The van der Waals surface area contributed by atoms with Crippen LogP contribution in [0.3, 0.4) is 0 Å². The number of thioether (sulfide) groups is 1. The predicted octanol–water partition coefficient (Wildman–Crippen LogP) is -0.159. The first-order valence-electron chi connectivity index (χ1n) is 4.72. The van der Waals surface area contributed by atoms with Crippen LogP contribution in [0.2, 0.25) is 0 Å². The van der Waals surface area contributed by atoms with Crippen molar-refractivity contribution in [1.82, 2.24) is 15.3 Å². The lowest BCUT2D eigenvalue weighted by atomic mass is 10.4. The molecular formula is C8H16N4S. The number of nitrogens with one attached hydrogen (secondary N) is 1. The van der Waals surface area contributed by atoms with Crippen LogP contribution in [-0.2, 0) is 0 Å². The smallest absolute Gasteiger partial charge is 0.171 e. The van der Waals surface area contributed by atoms with Gasteiger partial charge in [0.05, 0.1) is 6.54 Å². The van der Waals surface area contributed by atoms with E-state index in [4.69, 9.17) is 0 Å². The molecule has 0 aromatic heterocycles. The fraction of sp³-hybridized carbons (Fsp3) is 0.875. The molecule has 0 spiro atoms. The largest absolute Gasteiger partial charge is 0.304 e. The van der Waals surface area contributed by atoms with Gasteiger partial charge in [-0.25, -0.2) is 5.01 Å². The van der Waals surface area contributed by atoms with Crippen molar-refractivity contribution in [3.8, 4) is 0 Å². The molecule has 1 saturated heterocycles. The average Bonchev–Trinajstić information content (AvgIpc) is 2.62. The molecule has 0 saturated carbocycles. The Morgan fingerprint density at radius 1 is 1.31 bits per heavy atom. The molecule has 0 aromatic carbocycles. The molecule has 0 aliphatic carbocycles. The fourth-order valence-electron chi connectivity index (χ4n) is 1.46. The third-order valence-electron chi connectivity index (χ3n) is 2.34. The Balaban J connectivity index is 1.75. The van der Waals surface area contributed by atoms with Crippen molar-refractivity contribution in [3.05, 3.63) is 0 Å². The topological polar surface area (TPSA) is 30.9 Å². The normalized spacial score (nSPS) is 26.1. The van der Waals surface area contributed by atoms with E-state index in [0.717, 1.165) is 43.6 Å². The summed E-state index contributed by atoms with van der Waals surface area (Å²) < 4.78 is 0. The van der Waals surface area contributed by atoms with Gasteiger partial charge >= 0.3 is 0 Å². The van der Waals surface area contributed by atoms with Crippen LogP contribution < -0.4 is 5.43 Å². The average molecular weight is 200 g/mol. The maximum atomic E-state index is 4.36. The van der Waals surface area contributed by atoms with Crippen molar-refractivity contribution >= 4 is 16.9 Å². The molecule has 2 aliphatic heterocycles. The van der Waals surface area contributed by atoms with Gasteiger partial charge in [-0.05, 0) is 7.05 Å². The van der Waals surface area contributed by atoms with Crippen molar-refractivity contribution in [2.45, 2.75) is 0 Å². The van der Waals surface area contributed by atoms with Crippen LogP contribution >= 0.6 is 11.8 Å². The van der Waals surface area contributed by atoms with E-state index < -0.39 is 0 Å². The zero-order valence-corrected chi connectivity index (χ0v) is 8.81. The molecule has 4 nitrogen and oxygen atoms in total. The quantitative estimate of drug-likeness (QED) is 0.637. The molecule has 0 radical (unpaired) electrons. The van der Waals surface area contributed by atoms with Crippen LogP contribution in [0.1, 0.15) is 0 Å². The molecular weight excluding hydrogens is 184 g/mol. The first-order chi connectivity index (χ1) is 6.34. The monoisotopic (exact) mass is 200 g/mol. The summed E-state index contributed by atoms with van der Waals surface area (Å²) in [6.07, 6.45) is 0. The second kappa shape index (κ2) is 4.30. The van der Waals surface area contributed by atoms with Gasteiger partial charge in [0.15, 0.2) is 5.17 Å². The summed E-state index contributed by atoms with van der Waals surface area (Å²) in [5.74, 6) is 1.13. The van der Waals surface area contributed by atoms with E-state index in [2.05, 4.69) is 27.4 Å². The van der Waals surface area contributed by atoms with Crippen LogP contribution in [0.4, 0.5) is 0 Å². The van der Waals surface area contributed by atoms with Gasteiger partial charge in [-0.2, -0.15) is 0 Å². The van der Waals surface area contributed by atoms with E-state index in [0.29, 0.717) is 0 Å². The zero-order chi connectivity index (χ0) is 9.10. The third-order valence-corrected chi connectivity index (χ3v) is 3.22. The van der Waals surface area contributed by atoms with E-state index in [1.165, 1.54) is 0 Å². The zero-order valence-electron chi connectivity index (χ0n) is 7.99. The molecule has 1 fully saturated rings. The molecule has 0 atom stereocenters. The van der Waals surface area contributed by atoms with Gasteiger partial charge < -0.3 is 4.90 Å². The third kappa shape index (κ3) is 2.59. The van der Waals surface area contributed by atoms with Crippen molar-refractivity contribution in [2.75, 3.05) is 45.5 Å². The minimum absolute atomic E-state index is 0.973. The van der Waals surface area contributed by atoms with E-state index >= 15 is 0 Å². The summed E-state index contributed by atoms with van der Waals surface area (Å²) in [7, 11) is 2.17. The van der Waals surface area contributed by atoms with Crippen LogP contribution in [0.25, 0.3) is 0 Å². The van der Waals surface area contributed by atoms with E-state index in [9.17, 15) is 0 Å². The van der Waals surface area contributed by atoms with E-state index in [1.807, 2.05) is 11.8 Å². The highest BCUT2D eigenvalue weighted by atomic mass is 32.2. The molecule has 74 valence electrons. The minimum Gasteiger partial charge on any atom is -0.304 e. The molecule has 1 N–H and O–H groups in total. The first-order valence-corrected chi connectivity index (χ1v) is 5.70. The number of hydrogen-bond donors (Lipinski definition) is 1. The van der Waals surface area contributed by atoms with Crippen LogP contribution in [-0.4, -0.2) is 60.6 Å². The van der Waals surface area contributed by atoms with Gasteiger partial charge in [0.1, 0.15) is 0 Å². The van der Waals surface area contributed by atoms with Crippen LogP contribution in [0, 0.1) is 0 Å². The van der Waals surface area contributed by atoms with Gasteiger partial charge in [0.25, 0.3) is 0 Å². The lowest BCUT2D eigenvalue weighted by Gasteiger charge is -2.32. The lowest BCUT2D eigenvalue weighted by molar-refractivity contribution is 0.132. The lowest BCUT2D eigenvalue weighted by Crippen LogP contribution is -2.51. The molecule has 13 heavy (non-hydrogen) atoms. The van der Waals surface area contributed by atoms with Gasteiger partial charge in [0.2, 0.25) is 0 Å². The minimum atomic E-state index is 0.973. The Kier molecular flexibility index (Phi) is 3.08. The number of rotatable bonds is 1. The Morgan fingerprint density at radius 2 is 2.08 bits per heavy atom. The maximum Gasteiger partial charge on any atom is 0.171 e. The molecule has 0 unspecified atom stereocenters. The number of nitrogens with zero attached hydrogens (tertiary/aromatic N) is 3. The number of hydrazine groups is 1. The summed E-state index contributed by atoms with van der Waals surface area (Å²) in [6, 6.07) is 0. The highest BCUT2D eigenvalue weighted by molar-refractivity contribution is 8.14. The van der Waals surface area contributed by atoms with Gasteiger partial charge in [0, 0.05) is 31.9 Å². The Hall–Kier alpha value is -0.260. The second-order valence-corrected chi connectivity index (χ2v) is 4.52. The summed E-state index contributed by atoms with van der Waals surface area (Å²) in [4.78, 5) is 6.71. The number of piperazine rings is 1. The van der Waals surface area contributed by atoms with Crippen molar-refractivity contribution in [3.63, 3.8) is 0 Å². The molecule has 2 heterocycles. The number of amidine groups is 1. The van der Waals surface area contributed by atoms with Crippen LogP contribution in [0.5, 0.6) is 0 Å². The highest BCUT2D eigenvalue weighted by Gasteiger charge is 2.16. The van der Waals surface area contributed by atoms with Crippen molar-refractivity contribution in [2.24, 2.45) is 4.99 Å². The first kappa shape index (κ1) is 9.30. The Labute approximate surface area is 83.3 Å². The molecule has 5 heteroatoms. The summed E-state index contributed by atoms with van der Waals surface area (Å²) >= 11 is 1.82. The summed E-state index contributed by atoms with van der Waals surface area (Å²) in [6.45, 7) is 5.45. The predicted molar refractivity (Wildman–Crippen MR) is 57.0 cm³/mol. The molecule has 2 aliphatic rings. The highest BCUT2D eigenvalue weighted by Crippen LogP contribution is 2.09.